The number of hydrogen-bond acceptors (Lipinski definition) is 11. The number of sulfone groups is 1. The van der Waals surface area contributed by atoms with Gasteiger partial charge in [-0.2, -0.15) is 0 Å². The molecule has 1 atom stereocenters. The van der Waals surface area contributed by atoms with E-state index in [1.807, 2.05) is 17.0 Å². The van der Waals surface area contributed by atoms with Crippen LogP contribution in [0.15, 0.2) is 60.5 Å². The minimum Gasteiger partial charge on any atom is -0.378 e. The van der Waals surface area contributed by atoms with Crippen molar-refractivity contribution in [2.45, 2.75) is 57.4 Å². The summed E-state index contributed by atoms with van der Waals surface area (Å²) in [4.78, 5) is 22.7. The Bertz CT molecular complexity index is 1820. The fraction of sp³-hybridized carbons (Fsp3) is 0.471. The Labute approximate surface area is 284 Å². The van der Waals surface area contributed by atoms with Gasteiger partial charge in [-0.05, 0) is 49.6 Å². The molecule has 14 heteroatoms. The van der Waals surface area contributed by atoms with E-state index in [0.29, 0.717) is 45.5 Å². The monoisotopic (exact) mass is 690 g/mol. The van der Waals surface area contributed by atoms with E-state index in [1.165, 1.54) is 5.41 Å². The highest BCUT2D eigenvalue weighted by Crippen LogP contribution is 2.33. The van der Waals surface area contributed by atoms with Crippen LogP contribution in [0.3, 0.4) is 0 Å². The number of allylic oxidation sites excluding steroid dienone is 1. The number of fused-ring (bicyclic) bond motifs is 1. The summed E-state index contributed by atoms with van der Waals surface area (Å²) < 4.78 is 39.2. The highest BCUT2D eigenvalue weighted by molar-refractivity contribution is 7.94. The number of piperidine rings is 1. The van der Waals surface area contributed by atoms with Crippen LogP contribution in [0.25, 0.3) is 22.3 Å². The van der Waals surface area contributed by atoms with Gasteiger partial charge in [-0.15, -0.1) is 0 Å². The van der Waals surface area contributed by atoms with E-state index in [-0.39, 0.29) is 0 Å². The maximum Gasteiger partial charge on any atom is 0.225 e. The van der Waals surface area contributed by atoms with E-state index in [9.17, 15) is 8.42 Å². The number of morpholine rings is 1. The molecule has 3 aromatic heterocycles. The third kappa shape index (κ3) is 8.05. The Hall–Kier alpha value is -3.85. The lowest BCUT2D eigenvalue weighted by Gasteiger charge is -2.31. The quantitative estimate of drug-likeness (QED) is 0.145. The molecular weight excluding hydrogens is 645 g/mol. The van der Waals surface area contributed by atoms with Gasteiger partial charge in [0.1, 0.15) is 24.5 Å². The molecule has 0 bridgehead atoms. The second-order valence-electron chi connectivity index (χ2n) is 13.6. The molecule has 1 unspecified atom stereocenters. The molecule has 0 aliphatic carbocycles. The molecule has 0 amide bonds. The largest absolute Gasteiger partial charge is 0.378 e. The summed E-state index contributed by atoms with van der Waals surface area (Å²) in [6, 6.07) is 11.5. The first-order chi connectivity index (χ1) is 23.1. The van der Waals surface area contributed by atoms with Crippen molar-refractivity contribution in [2.24, 2.45) is 0 Å². The van der Waals surface area contributed by atoms with Gasteiger partial charge in [-0.25, -0.2) is 28.4 Å². The van der Waals surface area contributed by atoms with Crippen molar-refractivity contribution < 1.29 is 17.9 Å². The molecule has 6 rings (SSSR count). The van der Waals surface area contributed by atoms with E-state index < -0.39 is 23.2 Å². The van der Waals surface area contributed by atoms with Crippen LogP contribution in [0.5, 0.6) is 0 Å². The van der Waals surface area contributed by atoms with Crippen molar-refractivity contribution in [3.63, 3.8) is 0 Å². The summed E-state index contributed by atoms with van der Waals surface area (Å²) in [6.45, 7) is 14.0. The smallest absolute Gasteiger partial charge is 0.225 e. The fourth-order valence-electron chi connectivity index (χ4n) is 6.11. The van der Waals surface area contributed by atoms with Gasteiger partial charge in [-0.3, -0.25) is 0 Å². The molecule has 2 aliphatic rings. The van der Waals surface area contributed by atoms with E-state index in [4.69, 9.17) is 14.5 Å². The van der Waals surface area contributed by atoms with Gasteiger partial charge in [0.2, 0.25) is 5.95 Å². The minimum absolute atomic E-state index is 0.389. The van der Waals surface area contributed by atoms with Gasteiger partial charge in [0.15, 0.2) is 9.84 Å². The van der Waals surface area contributed by atoms with Gasteiger partial charge in [0.05, 0.1) is 47.6 Å². The molecule has 0 radical (unpaired) electrons. The molecule has 1 aromatic carbocycles. The summed E-state index contributed by atoms with van der Waals surface area (Å²) in [5, 5.41) is 5.25. The van der Waals surface area contributed by atoms with Crippen LogP contribution < -0.4 is 15.1 Å². The molecule has 0 saturated carbocycles. The van der Waals surface area contributed by atoms with Crippen molar-refractivity contribution in [2.75, 3.05) is 61.1 Å². The van der Waals surface area contributed by atoms with E-state index in [2.05, 4.69) is 67.6 Å². The Morgan fingerprint density at radius 3 is 2.46 bits per heavy atom. The third-order valence-electron chi connectivity index (χ3n) is 8.76. The van der Waals surface area contributed by atoms with Gasteiger partial charge in [0.25, 0.3) is 0 Å². The Kier molecular flexibility index (Phi) is 10.4. The average Bonchev–Trinajstić information content (AvgIpc) is 3.46. The maximum atomic E-state index is 12.6. The zero-order valence-corrected chi connectivity index (χ0v) is 30.1. The summed E-state index contributed by atoms with van der Waals surface area (Å²) >= 11 is 0. The second-order valence-corrected chi connectivity index (χ2v) is 21.3. The number of hydrogen-bond donors (Lipinski definition) is 1. The minimum atomic E-state index is -3.29. The molecule has 2 aliphatic heterocycles. The van der Waals surface area contributed by atoms with E-state index in [0.717, 1.165) is 71.6 Å². The van der Waals surface area contributed by atoms with E-state index >= 15 is 0 Å². The lowest BCUT2D eigenvalue weighted by atomic mass is 10.1. The molecule has 4 aromatic rings. The number of nitrogens with one attached hydrogen (secondary N) is 1. The molecule has 48 heavy (non-hydrogen) atoms. The lowest BCUT2D eigenvalue weighted by molar-refractivity contribution is 0.0909. The Morgan fingerprint density at radius 1 is 1.00 bits per heavy atom. The van der Waals surface area contributed by atoms with Crippen LogP contribution in [0.4, 0.5) is 23.1 Å². The Morgan fingerprint density at radius 2 is 1.75 bits per heavy atom. The van der Waals surface area contributed by atoms with Crippen LogP contribution in [-0.4, -0.2) is 92.2 Å². The van der Waals surface area contributed by atoms with Crippen LogP contribution in [0.1, 0.15) is 19.8 Å². The molecule has 256 valence electrons. The van der Waals surface area contributed by atoms with Gasteiger partial charge >= 0.3 is 0 Å². The summed E-state index contributed by atoms with van der Waals surface area (Å²) in [6.07, 6.45) is 8.13. The van der Waals surface area contributed by atoms with Crippen LogP contribution in [0, 0.1) is 0 Å². The zero-order chi connectivity index (χ0) is 33.7. The van der Waals surface area contributed by atoms with Gasteiger partial charge in [-0.1, -0.05) is 37.8 Å². The summed E-state index contributed by atoms with van der Waals surface area (Å²) in [7, 11) is -4.51. The van der Waals surface area contributed by atoms with Crippen LogP contribution >= 0.6 is 0 Å². The molecule has 1 N–H and O–H groups in total. The first-order valence-electron chi connectivity index (χ1n) is 16.7. The van der Waals surface area contributed by atoms with Crippen molar-refractivity contribution in [3.8, 4) is 11.3 Å². The Balaban J connectivity index is 1.19. The highest BCUT2D eigenvalue weighted by Gasteiger charge is 2.30. The van der Waals surface area contributed by atoms with Gasteiger partial charge in [0, 0.05) is 52.0 Å². The zero-order valence-electron chi connectivity index (χ0n) is 28.3. The maximum absolute atomic E-state index is 12.6. The molecule has 2 fully saturated rings. The van der Waals surface area contributed by atoms with Crippen molar-refractivity contribution in [3.05, 3.63) is 60.5 Å². The number of ether oxygens (including phenoxy) is 2. The number of rotatable bonds is 12. The number of anilines is 4. The topological polar surface area (TPSA) is 128 Å². The first kappa shape index (κ1) is 34.0. The summed E-state index contributed by atoms with van der Waals surface area (Å²) in [5.41, 5.74) is 4.56. The second kappa shape index (κ2) is 14.7. The summed E-state index contributed by atoms with van der Waals surface area (Å²) in [5.74, 6) is 1.46. The fourth-order valence-corrected chi connectivity index (χ4v) is 8.35. The lowest BCUT2D eigenvalue weighted by Crippen LogP contribution is -2.42. The molecule has 2 saturated heterocycles. The normalized spacial score (nSPS) is 17.8. The standard InChI is InChI=1S/C34H46N8O4SSi/c1-5-18-47(43,44)29-7-6-12-41(23-29)34-35-21-28(22-36-34)39-27-10-8-26(9-11-27)31-20-30-32(40-13-15-45-16-14-40)37-24-38-33(30)42(31)25-46-17-19-48(2,3)4/h5,8-11,18,20-22,24,29,39H,6-7,12-17,19,23,25H2,1-4H3/b18-5+. The van der Waals surface area contributed by atoms with Crippen LogP contribution in [-0.2, 0) is 26.0 Å². The van der Waals surface area contributed by atoms with Crippen molar-refractivity contribution in [1.29, 1.82) is 0 Å². The molecule has 0 spiro atoms. The van der Waals surface area contributed by atoms with Crippen LogP contribution in [0.2, 0.25) is 25.7 Å². The average molecular weight is 691 g/mol. The molecular formula is C34H46N8O4SSi. The first-order valence-corrected chi connectivity index (χ1v) is 22.0. The van der Waals surface area contributed by atoms with Crippen molar-refractivity contribution in [1.82, 2.24) is 24.5 Å². The predicted molar refractivity (Wildman–Crippen MR) is 194 cm³/mol. The molecule has 5 heterocycles. The molecule has 12 nitrogen and oxygen atoms in total. The highest BCUT2D eigenvalue weighted by atomic mass is 32.2. The van der Waals surface area contributed by atoms with E-state index in [1.54, 1.807) is 31.7 Å². The number of nitrogens with zero attached hydrogens (tertiary/aromatic N) is 7. The number of benzene rings is 1. The van der Waals surface area contributed by atoms with Gasteiger partial charge < -0.3 is 29.2 Å². The number of aromatic nitrogens is 5. The van der Waals surface area contributed by atoms with Crippen molar-refractivity contribution >= 4 is 52.1 Å². The predicted octanol–water partition coefficient (Wildman–Crippen LogP) is 5.70. The third-order valence-corrected chi connectivity index (χ3v) is 12.4. The SMILES string of the molecule is C/C=C/S(=O)(=O)C1CCCN(c2ncc(Nc3ccc(-c4cc5c(N6CCOCC6)ncnc5n4COCC[Si](C)(C)C)cc3)cn2)C1.